The van der Waals surface area contributed by atoms with Gasteiger partial charge in [0, 0.05) is 13.0 Å². The molecule has 1 aliphatic heterocycles. The van der Waals surface area contributed by atoms with Crippen molar-refractivity contribution in [3.05, 3.63) is 0 Å². The Morgan fingerprint density at radius 3 is 2.37 bits per heavy atom. The molecule has 1 rings (SSSR count). The van der Waals surface area contributed by atoms with Gasteiger partial charge < -0.3 is 30.9 Å². The molecule has 0 aromatic carbocycles. The predicted octanol–water partition coefficient (Wildman–Crippen LogP) is -1.70. The summed E-state index contributed by atoms with van der Waals surface area (Å²) in [5.41, 5.74) is 0. The standard InChI is InChI=1S/C16H25N3O8/c1-9(20)7-12(21)19-6-2-3-11(19)16(27)18-10(4-5-13(22)23)15(26)17-8-14(24)25/h9-11,20H,2-8H2,1H3,(H,17,26)(H,18,27)(H,22,23)(H,24,25)/t9?,10?,11-/m0/s1. The highest BCUT2D eigenvalue weighted by Gasteiger charge is 2.36. The van der Waals surface area contributed by atoms with E-state index in [-0.39, 0.29) is 18.7 Å². The number of carboxylic acid groups (broad SMARTS) is 2. The van der Waals surface area contributed by atoms with E-state index in [1.807, 2.05) is 0 Å². The average Bonchev–Trinajstić information content (AvgIpc) is 3.05. The molecule has 0 aliphatic carbocycles. The van der Waals surface area contributed by atoms with Crippen molar-refractivity contribution in [2.75, 3.05) is 13.1 Å². The molecule has 11 nitrogen and oxygen atoms in total. The van der Waals surface area contributed by atoms with Gasteiger partial charge in [-0.15, -0.1) is 0 Å². The first kappa shape index (κ1) is 22.4. The van der Waals surface area contributed by atoms with Crippen molar-refractivity contribution < 1.29 is 39.3 Å². The lowest BCUT2D eigenvalue weighted by molar-refractivity contribution is -0.142. The maximum atomic E-state index is 12.5. The highest BCUT2D eigenvalue weighted by atomic mass is 16.4. The summed E-state index contributed by atoms with van der Waals surface area (Å²) in [5.74, 6) is -4.27. The van der Waals surface area contributed by atoms with Gasteiger partial charge in [0.25, 0.3) is 0 Å². The van der Waals surface area contributed by atoms with E-state index < -0.39 is 54.9 Å². The fourth-order valence-corrected chi connectivity index (χ4v) is 2.80. The van der Waals surface area contributed by atoms with Crippen LogP contribution in [0.5, 0.6) is 0 Å². The van der Waals surface area contributed by atoms with E-state index in [1.54, 1.807) is 0 Å². The van der Waals surface area contributed by atoms with Gasteiger partial charge >= 0.3 is 11.9 Å². The quantitative estimate of drug-likeness (QED) is 0.295. The van der Waals surface area contributed by atoms with Crippen molar-refractivity contribution in [1.82, 2.24) is 15.5 Å². The molecule has 11 heteroatoms. The third-order valence-electron chi connectivity index (χ3n) is 4.04. The molecule has 1 saturated heterocycles. The predicted molar refractivity (Wildman–Crippen MR) is 90.5 cm³/mol. The van der Waals surface area contributed by atoms with Crippen LogP contribution < -0.4 is 10.6 Å². The molecular formula is C16H25N3O8. The van der Waals surface area contributed by atoms with Crippen molar-refractivity contribution in [3.63, 3.8) is 0 Å². The Balaban J connectivity index is 2.77. The van der Waals surface area contributed by atoms with Crippen molar-refractivity contribution in [2.45, 2.75) is 57.2 Å². The summed E-state index contributed by atoms with van der Waals surface area (Å²) in [6.07, 6.45) is -0.659. The van der Waals surface area contributed by atoms with E-state index in [0.717, 1.165) is 0 Å². The maximum absolute atomic E-state index is 12.5. The molecule has 152 valence electrons. The molecule has 1 heterocycles. The van der Waals surface area contributed by atoms with Crippen LogP contribution in [-0.2, 0) is 24.0 Å². The molecule has 0 spiro atoms. The highest BCUT2D eigenvalue weighted by Crippen LogP contribution is 2.19. The molecule has 0 bridgehead atoms. The van der Waals surface area contributed by atoms with Gasteiger partial charge in [-0.3, -0.25) is 24.0 Å². The van der Waals surface area contributed by atoms with E-state index >= 15 is 0 Å². The average molecular weight is 387 g/mol. The summed E-state index contributed by atoms with van der Waals surface area (Å²) in [5, 5.41) is 31.3. The highest BCUT2D eigenvalue weighted by molar-refractivity contribution is 5.93. The smallest absolute Gasteiger partial charge is 0.322 e. The number of carbonyl (C=O) groups is 5. The van der Waals surface area contributed by atoms with Gasteiger partial charge in [0.2, 0.25) is 17.7 Å². The van der Waals surface area contributed by atoms with E-state index in [4.69, 9.17) is 10.2 Å². The SMILES string of the molecule is CC(O)CC(=O)N1CCC[C@H]1C(=O)NC(CCC(=O)O)C(=O)NCC(=O)O. The first-order valence-corrected chi connectivity index (χ1v) is 8.61. The fourth-order valence-electron chi connectivity index (χ4n) is 2.80. The van der Waals surface area contributed by atoms with Crippen molar-refractivity contribution >= 4 is 29.7 Å². The first-order valence-electron chi connectivity index (χ1n) is 8.61. The zero-order valence-corrected chi connectivity index (χ0v) is 15.0. The van der Waals surface area contributed by atoms with Crippen molar-refractivity contribution in [2.24, 2.45) is 0 Å². The topological polar surface area (TPSA) is 173 Å². The number of aliphatic hydroxyl groups excluding tert-OH is 1. The Labute approximate surface area is 155 Å². The van der Waals surface area contributed by atoms with Crippen LogP contribution in [0.3, 0.4) is 0 Å². The van der Waals surface area contributed by atoms with E-state index in [1.165, 1.54) is 11.8 Å². The van der Waals surface area contributed by atoms with Gasteiger partial charge in [-0.05, 0) is 26.2 Å². The van der Waals surface area contributed by atoms with Gasteiger partial charge in [0.05, 0.1) is 12.5 Å². The van der Waals surface area contributed by atoms with Gasteiger partial charge in [-0.2, -0.15) is 0 Å². The second kappa shape index (κ2) is 10.5. The van der Waals surface area contributed by atoms with E-state index in [9.17, 15) is 29.1 Å². The molecule has 0 radical (unpaired) electrons. The summed E-state index contributed by atoms with van der Waals surface area (Å²) in [7, 11) is 0. The molecule has 0 aromatic heterocycles. The normalized spacial score (nSPS) is 18.4. The number of nitrogens with one attached hydrogen (secondary N) is 2. The number of carboxylic acids is 2. The van der Waals surface area contributed by atoms with Crippen LogP contribution >= 0.6 is 0 Å². The molecule has 1 aliphatic rings. The van der Waals surface area contributed by atoms with Crippen LogP contribution in [0, 0.1) is 0 Å². The largest absolute Gasteiger partial charge is 0.481 e. The fraction of sp³-hybridized carbons (Fsp3) is 0.688. The number of amides is 3. The summed E-state index contributed by atoms with van der Waals surface area (Å²) in [6, 6.07) is -2.06. The minimum Gasteiger partial charge on any atom is -0.481 e. The molecule has 0 aromatic rings. The summed E-state index contributed by atoms with van der Waals surface area (Å²) >= 11 is 0. The Kier molecular flexibility index (Phi) is 8.66. The molecule has 3 atom stereocenters. The number of rotatable bonds is 10. The molecule has 1 fully saturated rings. The molecule has 2 unspecified atom stereocenters. The van der Waals surface area contributed by atoms with Crippen LogP contribution in [0.25, 0.3) is 0 Å². The van der Waals surface area contributed by atoms with Crippen molar-refractivity contribution in [1.29, 1.82) is 0 Å². The van der Waals surface area contributed by atoms with Crippen LogP contribution in [-0.4, -0.2) is 81.2 Å². The number of likely N-dealkylation sites (tertiary alicyclic amines) is 1. The molecule has 0 saturated carbocycles. The second-order valence-corrected chi connectivity index (χ2v) is 6.40. The number of nitrogens with zero attached hydrogens (tertiary/aromatic N) is 1. The van der Waals surface area contributed by atoms with Gasteiger partial charge in [-0.25, -0.2) is 0 Å². The summed E-state index contributed by atoms with van der Waals surface area (Å²) in [4.78, 5) is 59.4. The Bertz CT molecular complexity index is 592. The van der Waals surface area contributed by atoms with Crippen molar-refractivity contribution in [3.8, 4) is 0 Å². The van der Waals surface area contributed by atoms with Crippen LogP contribution in [0.2, 0.25) is 0 Å². The van der Waals surface area contributed by atoms with Gasteiger partial charge in [-0.1, -0.05) is 0 Å². The minimum absolute atomic E-state index is 0.134. The minimum atomic E-state index is -1.28. The zero-order chi connectivity index (χ0) is 20.6. The molecular weight excluding hydrogens is 362 g/mol. The number of aliphatic carboxylic acids is 2. The zero-order valence-electron chi connectivity index (χ0n) is 15.0. The third-order valence-corrected chi connectivity index (χ3v) is 4.04. The summed E-state index contributed by atoms with van der Waals surface area (Å²) in [6.45, 7) is 1.13. The third kappa shape index (κ3) is 7.60. The lowest BCUT2D eigenvalue weighted by Gasteiger charge is -2.26. The lowest BCUT2D eigenvalue weighted by Crippen LogP contribution is -2.53. The van der Waals surface area contributed by atoms with Crippen LogP contribution in [0.4, 0.5) is 0 Å². The second-order valence-electron chi connectivity index (χ2n) is 6.40. The summed E-state index contributed by atoms with van der Waals surface area (Å²) < 4.78 is 0. The van der Waals surface area contributed by atoms with E-state index in [2.05, 4.69) is 10.6 Å². The molecule has 27 heavy (non-hydrogen) atoms. The first-order chi connectivity index (χ1) is 12.6. The Morgan fingerprint density at radius 1 is 1.15 bits per heavy atom. The maximum Gasteiger partial charge on any atom is 0.322 e. The van der Waals surface area contributed by atoms with Crippen LogP contribution in [0.15, 0.2) is 0 Å². The number of carbonyl (C=O) groups excluding carboxylic acids is 3. The molecule has 5 N–H and O–H groups in total. The number of aliphatic hydroxyl groups is 1. The molecule has 3 amide bonds. The monoisotopic (exact) mass is 387 g/mol. The van der Waals surface area contributed by atoms with Crippen LogP contribution in [0.1, 0.15) is 39.0 Å². The number of hydrogen-bond acceptors (Lipinski definition) is 6. The number of hydrogen-bond donors (Lipinski definition) is 5. The van der Waals surface area contributed by atoms with E-state index in [0.29, 0.717) is 19.4 Å². The van der Waals surface area contributed by atoms with Gasteiger partial charge in [0.1, 0.15) is 18.6 Å². The Morgan fingerprint density at radius 2 is 1.81 bits per heavy atom. The van der Waals surface area contributed by atoms with Gasteiger partial charge in [0.15, 0.2) is 0 Å². The lowest BCUT2D eigenvalue weighted by atomic mass is 10.1. The Hall–Kier alpha value is -2.69.